The van der Waals surface area contributed by atoms with Crippen LogP contribution in [0.2, 0.25) is 0 Å². The molecule has 2 heterocycles. The van der Waals surface area contributed by atoms with E-state index in [1.165, 1.54) is 38.8 Å². The normalized spacial score (nSPS) is 31.2. The molecule has 0 aromatic heterocycles. The molecule has 57 valence electrons. The first-order valence-electron chi connectivity index (χ1n) is 4.31. The molecule has 2 saturated heterocycles. The van der Waals surface area contributed by atoms with E-state index < -0.39 is 0 Å². The highest BCUT2D eigenvalue weighted by Crippen LogP contribution is 2.29. The Labute approximate surface area is 62.4 Å². The monoisotopic (exact) mass is 139 g/mol. The molecule has 0 saturated carbocycles. The summed E-state index contributed by atoms with van der Waals surface area (Å²) >= 11 is 0. The molecule has 2 nitrogen and oxygen atoms in total. The third-order valence-electron chi connectivity index (χ3n) is 2.78. The lowest BCUT2D eigenvalue weighted by Gasteiger charge is -2.32. The minimum absolute atomic E-state index is 0.436. The van der Waals surface area contributed by atoms with Crippen LogP contribution in [0.1, 0.15) is 25.7 Å². The van der Waals surface area contributed by atoms with Gasteiger partial charge in [0, 0.05) is 12.1 Å². The fraction of sp³-hybridized carbons (Fsp3) is 1.00. The largest absolute Gasteiger partial charge is 0.317 e. The Hall–Kier alpha value is -0.0800. The summed E-state index contributed by atoms with van der Waals surface area (Å²) in [5.41, 5.74) is 0.436. The van der Waals surface area contributed by atoms with E-state index in [4.69, 9.17) is 0 Å². The van der Waals surface area contributed by atoms with Crippen molar-refractivity contribution in [3.63, 3.8) is 0 Å². The van der Waals surface area contributed by atoms with Crippen molar-refractivity contribution in [1.29, 1.82) is 0 Å². The zero-order valence-corrected chi connectivity index (χ0v) is 6.40. The van der Waals surface area contributed by atoms with Gasteiger partial charge in [-0.3, -0.25) is 0 Å². The highest BCUT2D eigenvalue weighted by atomic mass is 15.0. The number of hydrogen-bond acceptors (Lipinski definition) is 1. The number of piperidine rings is 1. The van der Waals surface area contributed by atoms with E-state index >= 15 is 0 Å². The Bertz CT molecular complexity index is 108. The second-order valence-corrected chi connectivity index (χ2v) is 3.46. The molecule has 0 aromatic carbocycles. The quantitative estimate of drug-likeness (QED) is 0.520. The topological polar surface area (TPSA) is 26.1 Å². The molecule has 2 heteroatoms. The van der Waals surface area contributed by atoms with Gasteiger partial charge >= 0.3 is 0 Å². The van der Waals surface area contributed by atoms with Crippen LogP contribution >= 0.6 is 0 Å². The molecular formula is C8H15N2. The van der Waals surface area contributed by atoms with Crippen molar-refractivity contribution in [1.82, 2.24) is 10.6 Å². The summed E-state index contributed by atoms with van der Waals surface area (Å²) < 4.78 is 0. The SMILES string of the molecule is C1C[N]C2(C1)CCNCC2. The van der Waals surface area contributed by atoms with Crippen LogP contribution in [0.4, 0.5) is 0 Å². The van der Waals surface area contributed by atoms with Crippen molar-refractivity contribution in [2.45, 2.75) is 31.2 Å². The maximum atomic E-state index is 4.69. The lowest BCUT2D eigenvalue weighted by molar-refractivity contribution is 0.272. The van der Waals surface area contributed by atoms with E-state index in [-0.39, 0.29) is 0 Å². The van der Waals surface area contributed by atoms with Gasteiger partial charge in [-0.1, -0.05) is 0 Å². The minimum atomic E-state index is 0.436. The van der Waals surface area contributed by atoms with Gasteiger partial charge in [-0.05, 0) is 38.8 Å². The maximum Gasteiger partial charge on any atom is 0.0381 e. The summed E-state index contributed by atoms with van der Waals surface area (Å²) in [7, 11) is 0. The molecule has 0 atom stereocenters. The predicted octanol–water partition coefficient (Wildman–Crippen LogP) is 0.507. The van der Waals surface area contributed by atoms with E-state index in [0.29, 0.717) is 5.54 Å². The Balaban J connectivity index is 1.98. The molecule has 0 aliphatic carbocycles. The molecule has 0 aromatic rings. The Morgan fingerprint density at radius 2 is 1.90 bits per heavy atom. The summed E-state index contributed by atoms with van der Waals surface area (Å²) in [6.45, 7) is 3.49. The molecule has 2 rings (SSSR count). The van der Waals surface area contributed by atoms with Gasteiger partial charge in [0.2, 0.25) is 0 Å². The van der Waals surface area contributed by atoms with Crippen LogP contribution in [0.5, 0.6) is 0 Å². The molecular weight excluding hydrogens is 124 g/mol. The third-order valence-corrected chi connectivity index (χ3v) is 2.78. The van der Waals surface area contributed by atoms with Crippen LogP contribution in [0, 0.1) is 0 Å². The summed E-state index contributed by atoms with van der Waals surface area (Å²) in [6, 6.07) is 0. The highest BCUT2D eigenvalue weighted by Gasteiger charge is 2.35. The third kappa shape index (κ3) is 1.06. The van der Waals surface area contributed by atoms with E-state index in [1.54, 1.807) is 0 Å². The fourth-order valence-corrected chi connectivity index (χ4v) is 2.10. The molecule has 1 spiro atoms. The molecule has 0 bridgehead atoms. The first kappa shape index (κ1) is 6.62. The zero-order valence-electron chi connectivity index (χ0n) is 6.40. The Morgan fingerprint density at radius 3 is 2.50 bits per heavy atom. The first-order valence-corrected chi connectivity index (χ1v) is 4.31. The lowest BCUT2D eigenvalue weighted by Crippen LogP contribution is -2.45. The molecule has 0 amide bonds. The standard InChI is InChI=1S/C8H15N2/c1-2-8(10-5-1)3-6-9-7-4-8/h9H,1-7H2. The average Bonchev–Trinajstić information content (AvgIpc) is 2.39. The van der Waals surface area contributed by atoms with E-state index in [0.717, 1.165) is 6.54 Å². The van der Waals surface area contributed by atoms with Crippen molar-refractivity contribution >= 4 is 0 Å². The van der Waals surface area contributed by atoms with Gasteiger partial charge in [0.25, 0.3) is 0 Å². The number of hydrogen-bond donors (Lipinski definition) is 1. The summed E-state index contributed by atoms with van der Waals surface area (Å²) in [6.07, 6.45) is 5.26. The smallest absolute Gasteiger partial charge is 0.0381 e. The number of nitrogens with one attached hydrogen (secondary N) is 1. The zero-order chi connectivity index (χ0) is 6.86. The van der Waals surface area contributed by atoms with Crippen LogP contribution < -0.4 is 10.6 Å². The molecule has 0 unspecified atom stereocenters. The second-order valence-electron chi connectivity index (χ2n) is 3.46. The average molecular weight is 139 g/mol. The van der Waals surface area contributed by atoms with Crippen LogP contribution in [-0.4, -0.2) is 25.2 Å². The molecule has 1 radical (unpaired) electrons. The van der Waals surface area contributed by atoms with Crippen molar-refractivity contribution in [2.24, 2.45) is 0 Å². The molecule has 2 aliphatic heterocycles. The van der Waals surface area contributed by atoms with Crippen LogP contribution in [0.25, 0.3) is 0 Å². The fourth-order valence-electron chi connectivity index (χ4n) is 2.10. The lowest BCUT2D eigenvalue weighted by atomic mass is 9.87. The minimum Gasteiger partial charge on any atom is -0.317 e. The van der Waals surface area contributed by atoms with Crippen LogP contribution in [0.15, 0.2) is 0 Å². The Kier molecular flexibility index (Phi) is 1.66. The van der Waals surface area contributed by atoms with Gasteiger partial charge in [-0.15, -0.1) is 0 Å². The van der Waals surface area contributed by atoms with Crippen molar-refractivity contribution < 1.29 is 0 Å². The van der Waals surface area contributed by atoms with Crippen molar-refractivity contribution in [2.75, 3.05) is 19.6 Å². The Morgan fingerprint density at radius 1 is 1.10 bits per heavy atom. The van der Waals surface area contributed by atoms with Gasteiger partial charge in [0.05, 0.1) is 0 Å². The summed E-state index contributed by atoms with van der Waals surface area (Å²) in [5.74, 6) is 0. The van der Waals surface area contributed by atoms with Crippen molar-refractivity contribution in [3.8, 4) is 0 Å². The van der Waals surface area contributed by atoms with Crippen LogP contribution in [0.3, 0.4) is 0 Å². The van der Waals surface area contributed by atoms with E-state index in [1.807, 2.05) is 0 Å². The highest BCUT2D eigenvalue weighted by molar-refractivity contribution is 4.95. The number of nitrogens with zero attached hydrogens (tertiary/aromatic N) is 1. The summed E-state index contributed by atoms with van der Waals surface area (Å²) in [4.78, 5) is 0. The first-order chi connectivity index (χ1) is 4.91. The van der Waals surface area contributed by atoms with E-state index in [9.17, 15) is 0 Å². The molecule has 1 N–H and O–H groups in total. The maximum absolute atomic E-state index is 4.69. The summed E-state index contributed by atoms with van der Waals surface area (Å²) in [5, 5.41) is 8.06. The second kappa shape index (κ2) is 2.51. The van der Waals surface area contributed by atoms with Crippen LogP contribution in [-0.2, 0) is 0 Å². The molecule has 10 heavy (non-hydrogen) atoms. The van der Waals surface area contributed by atoms with Crippen molar-refractivity contribution in [3.05, 3.63) is 0 Å². The number of rotatable bonds is 0. The van der Waals surface area contributed by atoms with Gasteiger partial charge in [0.1, 0.15) is 0 Å². The molecule has 2 fully saturated rings. The molecule has 2 aliphatic rings. The van der Waals surface area contributed by atoms with Gasteiger partial charge in [0.15, 0.2) is 0 Å². The van der Waals surface area contributed by atoms with Gasteiger partial charge < -0.3 is 5.32 Å². The predicted molar refractivity (Wildman–Crippen MR) is 41.1 cm³/mol. The van der Waals surface area contributed by atoms with Gasteiger partial charge in [-0.2, -0.15) is 0 Å². The van der Waals surface area contributed by atoms with E-state index in [2.05, 4.69) is 10.6 Å². The van der Waals surface area contributed by atoms with Gasteiger partial charge in [-0.25, -0.2) is 5.32 Å².